The smallest absolute Gasteiger partial charge is 0.261 e. The molecule has 1 atom stereocenters. The number of benzene rings is 1. The Bertz CT molecular complexity index is 639. The number of hydrogen-bond donors (Lipinski definition) is 0. The Morgan fingerprint density at radius 1 is 1.05 bits per heavy atom. The fraction of sp³-hybridized carbons (Fsp3) is 0.500. The Hall–Kier alpha value is -1.11. The van der Waals surface area contributed by atoms with Crippen molar-refractivity contribution in [3.8, 4) is 0 Å². The van der Waals surface area contributed by atoms with E-state index in [9.17, 15) is 13.2 Å². The molecule has 1 unspecified atom stereocenters. The van der Waals surface area contributed by atoms with Crippen LogP contribution in [0.1, 0.15) is 19.3 Å². The van der Waals surface area contributed by atoms with Gasteiger partial charge in [0.15, 0.2) is 0 Å². The third-order valence-corrected chi connectivity index (χ3v) is 5.56. The van der Waals surface area contributed by atoms with Gasteiger partial charge in [0, 0.05) is 22.9 Å². The van der Waals surface area contributed by atoms with Crippen molar-refractivity contribution < 1.29 is 13.2 Å². The van der Waals surface area contributed by atoms with E-state index in [-0.39, 0.29) is 16.8 Å². The summed E-state index contributed by atoms with van der Waals surface area (Å²) >= 11 is 0. The fourth-order valence-corrected chi connectivity index (χ4v) is 3.87. The highest BCUT2D eigenvalue weighted by Gasteiger charge is 2.37. The van der Waals surface area contributed by atoms with E-state index in [0.29, 0.717) is 6.54 Å². The molecule has 1 amide bonds. The van der Waals surface area contributed by atoms with E-state index >= 15 is 0 Å². The van der Waals surface area contributed by atoms with Crippen molar-refractivity contribution in [2.45, 2.75) is 30.2 Å². The van der Waals surface area contributed by atoms with Crippen molar-refractivity contribution in [3.05, 3.63) is 24.3 Å². The van der Waals surface area contributed by atoms with Crippen LogP contribution >= 0.6 is 10.7 Å². The molecule has 5 nitrogen and oxygen atoms in total. The monoisotopic (exact) mass is 328 g/mol. The summed E-state index contributed by atoms with van der Waals surface area (Å²) in [4.78, 5) is 16.5. The van der Waals surface area contributed by atoms with E-state index in [4.69, 9.17) is 10.7 Å². The van der Waals surface area contributed by atoms with Crippen LogP contribution in [-0.2, 0) is 13.8 Å². The van der Waals surface area contributed by atoms with E-state index < -0.39 is 9.05 Å². The molecule has 2 aliphatic heterocycles. The summed E-state index contributed by atoms with van der Waals surface area (Å²) in [5, 5.41) is 0. The lowest BCUT2D eigenvalue weighted by molar-refractivity contribution is -0.121. The Morgan fingerprint density at radius 3 is 2.24 bits per heavy atom. The minimum absolute atomic E-state index is 0.0241. The molecule has 0 spiro atoms. The third kappa shape index (κ3) is 2.93. The Balaban J connectivity index is 1.77. The number of hydrogen-bond acceptors (Lipinski definition) is 4. The first-order valence-electron chi connectivity index (χ1n) is 7.07. The zero-order valence-electron chi connectivity index (χ0n) is 11.5. The maximum Gasteiger partial charge on any atom is 0.261 e. The highest BCUT2D eigenvalue weighted by atomic mass is 35.7. The van der Waals surface area contributed by atoms with Crippen LogP contribution in [0.3, 0.4) is 0 Å². The van der Waals surface area contributed by atoms with E-state index in [0.717, 1.165) is 38.0 Å². The molecule has 0 aromatic heterocycles. The number of rotatable bonds is 3. The van der Waals surface area contributed by atoms with Gasteiger partial charge in [-0.05, 0) is 56.6 Å². The van der Waals surface area contributed by atoms with Crippen molar-refractivity contribution in [1.82, 2.24) is 4.90 Å². The van der Waals surface area contributed by atoms with Crippen LogP contribution in [0.2, 0.25) is 0 Å². The number of likely N-dealkylation sites (tertiary alicyclic amines) is 1. The SMILES string of the molecule is O=C1C(N2CCCC2)CCN1c1ccc(S(=O)(=O)Cl)cc1. The molecule has 0 bridgehead atoms. The molecule has 2 heterocycles. The van der Waals surface area contributed by atoms with Gasteiger partial charge in [0.05, 0.1) is 10.9 Å². The van der Waals surface area contributed by atoms with Crippen molar-refractivity contribution in [2.75, 3.05) is 24.5 Å². The van der Waals surface area contributed by atoms with Gasteiger partial charge in [-0.1, -0.05) is 0 Å². The third-order valence-electron chi connectivity index (χ3n) is 4.19. The van der Waals surface area contributed by atoms with Crippen molar-refractivity contribution >= 4 is 31.3 Å². The van der Waals surface area contributed by atoms with E-state index in [2.05, 4.69) is 4.90 Å². The van der Waals surface area contributed by atoms with Gasteiger partial charge in [0.25, 0.3) is 9.05 Å². The van der Waals surface area contributed by atoms with Crippen LogP contribution in [0.15, 0.2) is 29.2 Å². The predicted molar refractivity (Wildman–Crippen MR) is 81.0 cm³/mol. The molecular formula is C14H17ClN2O3S. The number of halogens is 1. The quantitative estimate of drug-likeness (QED) is 0.794. The van der Waals surface area contributed by atoms with Gasteiger partial charge >= 0.3 is 0 Å². The topological polar surface area (TPSA) is 57.7 Å². The van der Waals surface area contributed by atoms with Crippen molar-refractivity contribution in [2.24, 2.45) is 0 Å². The summed E-state index contributed by atoms with van der Waals surface area (Å²) in [6.45, 7) is 2.66. The van der Waals surface area contributed by atoms with Crippen molar-refractivity contribution in [3.63, 3.8) is 0 Å². The molecule has 0 aliphatic carbocycles. The number of nitrogens with zero attached hydrogens (tertiary/aromatic N) is 2. The van der Waals surface area contributed by atoms with E-state index in [1.807, 2.05) is 0 Å². The van der Waals surface area contributed by atoms with E-state index in [1.165, 1.54) is 12.1 Å². The second kappa shape index (κ2) is 5.59. The summed E-state index contributed by atoms with van der Waals surface area (Å²) in [6, 6.07) is 6.13. The lowest BCUT2D eigenvalue weighted by Crippen LogP contribution is -2.40. The van der Waals surface area contributed by atoms with Gasteiger partial charge in [0.1, 0.15) is 0 Å². The average Bonchev–Trinajstić information content (AvgIpc) is 3.07. The first kappa shape index (κ1) is 14.8. The van der Waals surface area contributed by atoms with Crippen molar-refractivity contribution in [1.29, 1.82) is 0 Å². The summed E-state index contributed by atoms with van der Waals surface area (Å²) in [5.74, 6) is 0.110. The summed E-state index contributed by atoms with van der Waals surface area (Å²) in [7, 11) is 1.57. The number of carbonyl (C=O) groups excluding carboxylic acids is 1. The molecule has 0 radical (unpaired) electrons. The standard InChI is InChI=1S/C14H17ClN2O3S/c15-21(19,20)12-5-3-11(4-6-12)17-10-7-13(14(17)18)16-8-1-2-9-16/h3-6,13H,1-2,7-10H2. The molecule has 2 fully saturated rings. The summed E-state index contributed by atoms with van der Waals surface area (Å²) in [5.41, 5.74) is 0.728. The highest BCUT2D eigenvalue weighted by molar-refractivity contribution is 8.13. The average molecular weight is 329 g/mol. The lowest BCUT2D eigenvalue weighted by Gasteiger charge is -2.22. The number of anilines is 1. The largest absolute Gasteiger partial charge is 0.311 e. The van der Waals surface area contributed by atoms with Gasteiger partial charge in [-0.2, -0.15) is 0 Å². The van der Waals surface area contributed by atoms with Gasteiger partial charge in [0.2, 0.25) is 5.91 Å². The zero-order valence-corrected chi connectivity index (χ0v) is 13.1. The van der Waals surface area contributed by atoms with Gasteiger partial charge in [-0.3, -0.25) is 9.69 Å². The minimum Gasteiger partial charge on any atom is -0.311 e. The molecule has 0 saturated carbocycles. The molecule has 7 heteroatoms. The Labute approximate surface area is 128 Å². The zero-order chi connectivity index (χ0) is 15.0. The maximum atomic E-state index is 12.5. The lowest BCUT2D eigenvalue weighted by atomic mass is 10.2. The van der Waals surface area contributed by atoms with Crippen LogP contribution in [0.5, 0.6) is 0 Å². The molecular weight excluding hydrogens is 312 g/mol. The number of amides is 1. The molecule has 21 heavy (non-hydrogen) atoms. The molecule has 2 saturated heterocycles. The normalized spacial score (nSPS) is 24.0. The first-order valence-corrected chi connectivity index (χ1v) is 9.38. The molecule has 2 aliphatic rings. The fourth-order valence-electron chi connectivity index (χ4n) is 3.10. The van der Waals surface area contributed by atoms with E-state index in [1.54, 1.807) is 17.0 Å². The molecule has 1 aromatic rings. The number of carbonyl (C=O) groups is 1. The summed E-state index contributed by atoms with van der Waals surface area (Å²) < 4.78 is 22.5. The van der Waals surface area contributed by atoms with Crippen LogP contribution in [-0.4, -0.2) is 44.9 Å². The first-order chi connectivity index (χ1) is 9.97. The predicted octanol–water partition coefficient (Wildman–Crippen LogP) is 1.82. The maximum absolute atomic E-state index is 12.5. The molecule has 1 aromatic carbocycles. The highest BCUT2D eigenvalue weighted by Crippen LogP contribution is 2.27. The minimum atomic E-state index is -3.72. The van der Waals surface area contributed by atoms with Crippen LogP contribution in [0, 0.1) is 0 Å². The van der Waals surface area contributed by atoms with Gasteiger partial charge in [-0.25, -0.2) is 8.42 Å². The summed E-state index contributed by atoms with van der Waals surface area (Å²) in [6.07, 6.45) is 3.15. The molecule has 114 valence electrons. The van der Waals surface area contributed by atoms with Crippen LogP contribution in [0.4, 0.5) is 5.69 Å². The van der Waals surface area contributed by atoms with Crippen LogP contribution in [0.25, 0.3) is 0 Å². The molecule has 3 rings (SSSR count). The molecule has 0 N–H and O–H groups in total. The second-order valence-electron chi connectivity index (χ2n) is 5.47. The Morgan fingerprint density at radius 2 is 1.67 bits per heavy atom. The van der Waals surface area contributed by atoms with Crippen LogP contribution < -0.4 is 4.90 Å². The Kier molecular flexibility index (Phi) is 3.94. The van der Waals surface area contributed by atoms with Gasteiger partial charge < -0.3 is 4.90 Å². The second-order valence-corrected chi connectivity index (χ2v) is 8.04. The van der Waals surface area contributed by atoms with Gasteiger partial charge in [-0.15, -0.1) is 0 Å².